The second-order valence-electron chi connectivity index (χ2n) is 11.2. The van der Waals surface area contributed by atoms with Gasteiger partial charge in [-0.1, -0.05) is 35.3 Å². The van der Waals surface area contributed by atoms with Crippen LogP contribution in [0.2, 0.25) is 10.0 Å². The van der Waals surface area contributed by atoms with E-state index in [4.69, 9.17) is 42.1 Å². The number of likely N-dealkylation sites (N-methyl/N-ethyl adjacent to an activating group) is 1. The van der Waals surface area contributed by atoms with E-state index < -0.39 is 34.0 Å². The number of rotatable bonds is 22. The van der Waals surface area contributed by atoms with Gasteiger partial charge in [-0.25, -0.2) is 13.1 Å². The number of amides is 2. The lowest BCUT2D eigenvalue weighted by molar-refractivity contribution is -0.146. The molecular weight excluding hydrogens is 703 g/mol. The van der Waals surface area contributed by atoms with Crippen LogP contribution >= 0.6 is 23.2 Å². The Kier molecular flexibility index (Phi) is 17.6. The highest BCUT2D eigenvalue weighted by atomic mass is 35.5. The van der Waals surface area contributed by atoms with Gasteiger partial charge in [-0.2, -0.15) is 0 Å². The summed E-state index contributed by atoms with van der Waals surface area (Å²) < 4.78 is 49.9. The van der Waals surface area contributed by atoms with Crippen molar-refractivity contribution in [3.05, 3.63) is 63.1 Å². The molecule has 0 saturated carbocycles. The molecule has 274 valence electrons. The summed E-state index contributed by atoms with van der Waals surface area (Å²) in [7, 11) is -1.79. The van der Waals surface area contributed by atoms with Crippen molar-refractivity contribution in [2.75, 3.05) is 86.1 Å². The van der Waals surface area contributed by atoms with Gasteiger partial charge >= 0.3 is 0 Å². The van der Waals surface area contributed by atoms with Gasteiger partial charge in [0.15, 0.2) is 12.2 Å². The molecule has 0 bridgehead atoms. The fourth-order valence-corrected chi connectivity index (χ4v) is 6.67. The smallest absolute Gasteiger partial charge is 0.252 e. The molecule has 1 aliphatic rings. The normalized spacial score (nSPS) is 16.2. The highest BCUT2D eigenvalue weighted by Gasteiger charge is 2.30. The molecule has 0 spiro atoms. The standard InChI is InChI=1S/C32H46Cl2N4O10S/c1-3-45-10-7-35-31(41)29(39)30(40)32(42)36-8-11-46-13-15-48-16-14-47-12-9-37-49(43,44)24-6-4-5-22(17-24)26-20-38(2)21-27-25(26)18-23(33)19-28(27)34/h4-6,17-19,26,29-30,37,39-40H,3,7-16,20-21H2,1-2H3,(H,35,41)(H,36,42)/t26?,29-,30+/m1/s1. The van der Waals surface area contributed by atoms with E-state index in [0.717, 1.165) is 16.7 Å². The number of halogens is 2. The highest BCUT2D eigenvalue weighted by Crippen LogP contribution is 2.38. The van der Waals surface area contributed by atoms with Crippen molar-refractivity contribution in [1.29, 1.82) is 0 Å². The van der Waals surface area contributed by atoms with E-state index in [1.165, 1.54) is 0 Å². The van der Waals surface area contributed by atoms with E-state index in [1.54, 1.807) is 31.2 Å². The number of aliphatic hydroxyl groups excluding tert-OH is 2. The minimum atomic E-state index is -3.78. The van der Waals surface area contributed by atoms with Crippen LogP contribution in [0.5, 0.6) is 0 Å². The predicted molar refractivity (Wildman–Crippen MR) is 183 cm³/mol. The first-order valence-electron chi connectivity index (χ1n) is 15.9. The van der Waals surface area contributed by atoms with Gasteiger partial charge in [0.05, 0.1) is 51.1 Å². The Labute approximate surface area is 297 Å². The Morgan fingerprint density at radius 3 is 2.06 bits per heavy atom. The monoisotopic (exact) mass is 748 g/mol. The van der Waals surface area contributed by atoms with Crippen molar-refractivity contribution in [2.24, 2.45) is 0 Å². The van der Waals surface area contributed by atoms with Gasteiger partial charge in [-0.15, -0.1) is 0 Å². The van der Waals surface area contributed by atoms with E-state index in [1.807, 2.05) is 19.2 Å². The van der Waals surface area contributed by atoms with E-state index in [9.17, 15) is 28.2 Å². The lowest BCUT2D eigenvalue weighted by atomic mass is 9.85. The molecule has 14 nitrogen and oxygen atoms in total. The van der Waals surface area contributed by atoms with Gasteiger partial charge < -0.3 is 44.7 Å². The Balaban J connectivity index is 1.26. The molecule has 1 unspecified atom stereocenters. The van der Waals surface area contributed by atoms with E-state index in [-0.39, 0.29) is 76.7 Å². The average molecular weight is 750 g/mol. The summed E-state index contributed by atoms with van der Waals surface area (Å²) in [5, 5.41) is 25.6. The molecule has 1 aliphatic heterocycles. The summed E-state index contributed by atoms with van der Waals surface area (Å²) in [5.74, 6) is -1.88. The van der Waals surface area contributed by atoms with Crippen molar-refractivity contribution < 1.29 is 47.2 Å². The lowest BCUT2D eigenvalue weighted by Gasteiger charge is -2.33. The van der Waals surface area contributed by atoms with Crippen LogP contribution in [-0.2, 0) is 45.1 Å². The van der Waals surface area contributed by atoms with Gasteiger partial charge in [-0.05, 0) is 54.9 Å². The zero-order chi connectivity index (χ0) is 35.8. The van der Waals surface area contributed by atoms with E-state index in [0.29, 0.717) is 29.7 Å². The summed E-state index contributed by atoms with van der Waals surface area (Å²) in [6.45, 7) is 5.40. The molecule has 49 heavy (non-hydrogen) atoms. The van der Waals surface area contributed by atoms with Crippen LogP contribution in [0.3, 0.4) is 0 Å². The molecular formula is C32H46Cl2N4O10S. The third kappa shape index (κ3) is 13.3. The topological polar surface area (TPSA) is 185 Å². The van der Waals surface area contributed by atoms with Crippen molar-refractivity contribution in [1.82, 2.24) is 20.3 Å². The molecule has 2 aromatic rings. The average Bonchev–Trinajstić information content (AvgIpc) is 3.08. The number of nitrogens with one attached hydrogen (secondary N) is 3. The maximum Gasteiger partial charge on any atom is 0.252 e. The van der Waals surface area contributed by atoms with Gasteiger partial charge in [0, 0.05) is 55.3 Å². The number of hydrogen-bond acceptors (Lipinski definition) is 11. The fourth-order valence-electron chi connectivity index (χ4n) is 5.04. The van der Waals surface area contributed by atoms with Crippen LogP contribution in [0.4, 0.5) is 0 Å². The summed E-state index contributed by atoms with van der Waals surface area (Å²) >= 11 is 12.8. The number of fused-ring (bicyclic) bond motifs is 1. The third-order valence-electron chi connectivity index (χ3n) is 7.48. The highest BCUT2D eigenvalue weighted by molar-refractivity contribution is 7.89. The number of aliphatic hydroxyl groups is 2. The molecule has 3 rings (SSSR count). The van der Waals surface area contributed by atoms with Crippen LogP contribution in [-0.4, -0.2) is 134 Å². The van der Waals surface area contributed by atoms with Crippen LogP contribution in [0.15, 0.2) is 41.3 Å². The van der Waals surface area contributed by atoms with Crippen LogP contribution < -0.4 is 15.4 Å². The first kappa shape index (κ1) is 41.0. The predicted octanol–water partition coefficient (Wildman–Crippen LogP) is 0.890. The third-order valence-corrected chi connectivity index (χ3v) is 9.49. The van der Waals surface area contributed by atoms with Gasteiger partial charge in [0.25, 0.3) is 11.8 Å². The van der Waals surface area contributed by atoms with Crippen LogP contribution in [0.25, 0.3) is 0 Å². The number of nitrogens with zero attached hydrogens (tertiary/aromatic N) is 1. The Morgan fingerprint density at radius 1 is 0.878 bits per heavy atom. The van der Waals surface area contributed by atoms with Gasteiger partial charge in [-0.3, -0.25) is 9.59 Å². The van der Waals surface area contributed by atoms with Crippen molar-refractivity contribution in [2.45, 2.75) is 36.5 Å². The fraction of sp³-hybridized carbons (Fsp3) is 0.562. The molecule has 17 heteroatoms. The number of ether oxygens (including phenoxy) is 4. The Hall–Kier alpha value is -2.41. The van der Waals surface area contributed by atoms with Gasteiger partial charge in [0.2, 0.25) is 10.0 Å². The largest absolute Gasteiger partial charge is 0.380 e. The number of hydrogen-bond donors (Lipinski definition) is 5. The minimum Gasteiger partial charge on any atom is -0.380 e. The SMILES string of the molecule is CCOCCNC(=O)[C@H](O)[C@H](O)C(=O)NCCOCCOCCOCCNS(=O)(=O)c1cccc(C2CN(C)Cc3c(Cl)cc(Cl)cc32)c1. The number of benzene rings is 2. The van der Waals surface area contributed by atoms with Crippen LogP contribution in [0, 0.1) is 0 Å². The van der Waals surface area contributed by atoms with Gasteiger partial charge in [0.1, 0.15) is 0 Å². The molecule has 1 heterocycles. The molecule has 0 aromatic heterocycles. The zero-order valence-electron chi connectivity index (χ0n) is 27.7. The molecule has 2 aromatic carbocycles. The summed E-state index contributed by atoms with van der Waals surface area (Å²) in [5.41, 5.74) is 2.83. The maximum absolute atomic E-state index is 13.0. The quantitative estimate of drug-likeness (QED) is 0.108. The minimum absolute atomic E-state index is 0.0491. The number of carbonyl (C=O) groups excluding carboxylic acids is 2. The van der Waals surface area contributed by atoms with Crippen molar-refractivity contribution in [3.63, 3.8) is 0 Å². The second-order valence-corrected chi connectivity index (χ2v) is 13.8. The molecule has 2 amide bonds. The molecule has 5 N–H and O–H groups in total. The number of carbonyl (C=O) groups is 2. The molecule has 0 saturated heterocycles. The zero-order valence-corrected chi connectivity index (χ0v) is 30.0. The van der Waals surface area contributed by atoms with Crippen molar-refractivity contribution >= 4 is 45.0 Å². The molecule has 0 aliphatic carbocycles. The maximum atomic E-state index is 13.0. The summed E-state index contributed by atoms with van der Waals surface area (Å²) in [4.78, 5) is 26.0. The number of sulfonamides is 1. The lowest BCUT2D eigenvalue weighted by Crippen LogP contribution is -2.50. The first-order chi connectivity index (χ1) is 23.4. The Bertz CT molecular complexity index is 1470. The molecule has 0 radical (unpaired) electrons. The molecule has 0 fully saturated rings. The van der Waals surface area contributed by atoms with Crippen molar-refractivity contribution in [3.8, 4) is 0 Å². The molecule has 3 atom stereocenters. The van der Waals surface area contributed by atoms with E-state index in [2.05, 4.69) is 20.3 Å². The van der Waals surface area contributed by atoms with Crippen LogP contribution in [0.1, 0.15) is 29.5 Å². The second kappa shape index (κ2) is 21.1. The van der Waals surface area contributed by atoms with E-state index >= 15 is 0 Å². The first-order valence-corrected chi connectivity index (χ1v) is 18.2. The Morgan fingerprint density at radius 2 is 1.45 bits per heavy atom. The summed E-state index contributed by atoms with van der Waals surface area (Å²) in [6.07, 6.45) is -3.84. The summed E-state index contributed by atoms with van der Waals surface area (Å²) in [6, 6.07) is 10.5.